The van der Waals surface area contributed by atoms with Crippen molar-refractivity contribution < 1.29 is 14.6 Å². The van der Waals surface area contributed by atoms with Gasteiger partial charge in [-0.2, -0.15) is 0 Å². The van der Waals surface area contributed by atoms with Crippen molar-refractivity contribution in [3.8, 4) is 28.4 Å². The summed E-state index contributed by atoms with van der Waals surface area (Å²) in [5, 5.41) is 9.91. The van der Waals surface area contributed by atoms with E-state index in [1.54, 1.807) is 20.3 Å². The fourth-order valence-electron chi connectivity index (χ4n) is 1.88. The van der Waals surface area contributed by atoms with Crippen molar-refractivity contribution in [3.63, 3.8) is 0 Å². The van der Waals surface area contributed by atoms with E-state index in [9.17, 15) is 5.11 Å². The maximum atomic E-state index is 9.91. The minimum atomic E-state index is 0.257. The van der Waals surface area contributed by atoms with E-state index in [0.29, 0.717) is 11.5 Å². The molecule has 0 fully saturated rings. The normalized spacial score (nSPS) is 10.2. The van der Waals surface area contributed by atoms with Gasteiger partial charge in [0, 0.05) is 5.56 Å². The van der Waals surface area contributed by atoms with Crippen LogP contribution in [0.25, 0.3) is 11.1 Å². The lowest BCUT2D eigenvalue weighted by Gasteiger charge is -2.11. The highest BCUT2D eigenvalue weighted by atomic mass is 16.5. The van der Waals surface area contributed by atoms with E-state index in [-0.39, 0.29) is 5.75 Å². The first kappa shape index (κ1) is 12.3. The van der Waals surface area contributed by atoms with Crippen molar-refractivity contribution >= 4 is 0 Å². The van der Waals surface area contributed by atoms with Gasteiger partial charge in [0.25, 0.3) is 0 Å². The zero-order chi connectivity index (χ0) is 13.1. The second kappa shape index (κ2) is 5.00. The number of hydrogen-bond acceptors (Lipinski definition) is 3. The van der Waals surface area contributed by atoms with Gasteiger partial charge >= 0.3 is 0 Å². The average molecular weight is 244 g/mol. The van der Waals surface area contributed by atoms with Gasteiger partial charge in [-0.25, -0.2) is 0 Å². The van der Waals surface area contributed by atoms with E-state index in [2.05, 4.69) is 0 Å². The van der Waals surface area contributed by atoms with Gasteiger partial charge < -0.3 is 14.6 Å². The second-order valence-electron chi connectivity index (χ2n) is 4.09. The quantitative estimate of drug-likeness (QED) is 0.899. The Morgan fingerprint density at radius 1 is 0.889 bits per heavy atom. The number of hydrogen-bond donors (Lipinski definition) is 1. The largest absolute Gasteiger partial charge is 0.507 e. The topological polar surface area (TPSA) is 38.7 Å². The predicted octanol–water partition coefficient (Wildman–Crippen LogP) is 3.38. The minimum Gasteiger partial charge on any atom is -0.507 e. The first-order valence-electron chi connectivity index (χ1n) is 5.67. The van der Waals surface area contributed by atoms with Gasteiger partial charge in [0.05, 0.1) is 14.2 Å². The molecule has 3 heteroatoms. The Morgan fingerprint density at radius 2 is 1.61 bits per heavy atom. The Labute approximate surface area is 107 Å². The van der Waals surface area contributed by atoms with Crippen LogP contribution >= 0.6 is 0 Å². The molecule has 0 saturated carbocycles. The molecule has 94 valence electrons. The number of methoxy groups -OCH3 is 2. The van der Waals surface area contributed by atoms with Crippen LogP contribution in [0.15, 0.2) is 36.4 Å². The highest BCUT2D eigenvalue weighted by Crippen LogP contribution is 2.36. The molecular formula is C15H16O3. The third-order valence-electron chi connectivity index (χ3n) is 2.85. The van der Waals surface area contributed by atoms with E-state index in [0.717, 1.165) is 16.7 Å². The van der Waals surface area contributed by atoms with Crippen LogP contribution in [0, 0.1) is 6.92 Å². The first-order valence-corrected chi connectivity index (χ1v) is 5.67. The summed E-state index contributed by atoms with van der Waals surface area (Å²) in [6.45, 7) is 1.99. The average Bonchev–Trinajstić information content (AvgIpc) is 2.40. The number of aromatic hydroxyl groups is 1. The van der Waals surface area contributed by atoms with Crippen LogP contribution in [0.2, 0.25) is 0 Å². The molecule has 0 radical (unpaired) electrons. The number of ether oxygens (including phenoxy) is 2. The van der Waals surface area contributed by atoms with Crippen molar-refractivity contribution in [2.24, 2.45) is 0 Å². The van der Waals surface area contributed by atoms with Gasteiger partial charge in [0.2, 0.25) is 0 Å². The Balaban J connectivity index is 2.54. The Bertz CT molecular complexity index is 562. The lowest BCUT2D eigenvalue weighted by atomic mass is 10.0. The van der Waals surface area contributed by atoms with Crippen LogP contribution in [0.3, 0.4) is 0 Å². The molecule has 0 spiro atoms. The van der Waals surface area contributed by atoms with Crippen molar-refractivity contribution in [2.45, 2.75) is 6.92 Å². The smallest absolute Gasteiger partial charge is 0.161 e. The molecular weight excluding hydrogens is 228 g/mol. The lowest BCUT2D eigenvalue weighted by Crippen LogP contribution is -1.91. The maximum Gasteiger partial charge on any atom is 0.161 e. The first-order chi connectivity index (χ1) is 8.65. The Kier molecular flexibility index (Phi) is 3.42. The number of rotatable bonds is 3. The monoisotopic (exact) mass is 244 g/mol. The van der Waals surface area contributed by atoms with Gasteiger partial charge in [0.1, 0.15) is 5.75 Å². The summed E-state index contributed by atoms with van der Waals surface area (Å²) >= 11 is 0. The third-order valence-corrected chi connectivity index (χ3v) is 2.85. The minimum absolute atomic E-state index is 0.257. The molecule has 0 unspecified atom stereocenters. The summed E-state index contributed by atoms with van der Waals surface area (Å²) in [6, 6.07) is 11.1. The zero-order valence-corrected chi connectivity index (χ0v) is 10.7. The molecule has 18 heavy (non-hydrogen) atoms. The van der Waals surface area contributed by atoms with Gasteiger partial charge in [0.15, 0.2) is 11.5 Å². The van der Waals surface area contributed by atoms with Gasteiger partial charge in [-0.3, -0.25) is 0 Å². The van der Waals surface area contributed by atoms with Crippen molar-refractivity contribution in [1.82, 2.24) is 0 Å². The maximum absolute atomic E-state index is 9.91. The molecule has 0 aromatic heterocycles. The molecule has 2 rings (SSSR count). The molecule has 2 aromatic carbocycles. The van der Waals surface area contributed by atoms with Crippen molar-refractivity contribution in [1.29, 1.82) is 0 Å². The summed E-state index contributed by atoms with van der Waals surface area (Å²) in [5.41, 5.74) is 2.78. The predicted molar refractivity (Wildman–Crippen MR) is 71.4 cm³/mol. The molecule has 1 N–H and O–H groups in total. The van der Waals surface area contributed by atoms with Crippen LogP contribution in [0.1, 0.15) is 5.56 Å². The summed E-state index contributed by atoms with van der Waals surface area (Å²) in [6.07, 6.45) is 0. The van der Waals surface area contributed by atoms with E-state index in [1.165, 1.54) is 0 Å². The highest BCUT2D eigenvalue weighted by Gasteiger charge is 2.09. The molecule has 0 bridgehead atoms. The summed E-state index contributed by atoms with van der Waals surface area (Å²) in [4.78, 5) is 0. The molecule has 0 aliphatic carbocycles. The van der Waals surface area contributed by atoms with Crippen LogP contribution < -0.4 is 9.47 Å². The van der Waals surface area contributed by atoms with Crippen LogP contribution in [0.4, 0.5) is 0 Å². The molecule has 0 saturated heterocycles. The van der Waals surface area contributed by atoms with E-state index >= 15 is 0 Å². The van der Waals surface area contributed by atoms with E-state index < -0.39 is 0 Å². The standard InChI is InChI=1S/C15H16O3/c1-10-4-6-13(16)12(8-10)11-5-7-14(17-2)15(9-11)18-3/h4-9,16H,1-3H3. The molecule has 3 nitrogen and oxygen atoms in total. The van der Waals surface area contributed by atoms with Crippen molar-refractivity contribution in [3.05, 3.63) is 42.0 Å². The van der Waals surface area contributed by atoms with Gasteiger partial charge in [-0.05, 0) is 36.8 Å². The van der Waals surface area contributed by atoms with E-state index in [1.807, 2.05) is 37.3 Å². The lowest BCUT2D eigenvalue weighted by molar-refractivity contribution is 0.355. The molecule has 0 aliphatic heterocycles. The SMILES string of the molecule is COc1ccc(-c2cc(C)ccc2O)cc1OC. The number of benzene rings is 2. The van der Waals surface area contributed by atoms with E-state index in [4.69, 9.17) is 9.47 Å². The summed E-state index contributed by atoms with van der Waals surface area (Å²) in [7, 11) is 3.19. The molecule has 0 aliphatic rings. The molecule has 0 amide bonds. The van der Waals surface area contributed by atoms with Crippen molar-refractivity contribution in [2.75, 3.05) is 14.2 Å². The summed E-state index contributed by atoms with van der Waals surface area (Å²) in [5.74, 6) is 1.58. The highest BCUT2D eigenvalue weighted by molar-refractivity contribution is 5.73. The fraction of sp³-hybridized carbons (Fsp3) is 0.200. The molecule has 0 heterocycles. The molecule has 0 atom stereocenters. The Hall–Kier alpha value is -2.16. The molecule has 2 aromatic rings. The van der Waals surface area contributed by atoms with Crippen LogP contribution in [0.5, 0.6) is 17.2 Å². The van der Waals surface area contributed by atoms with Gasteiger partial charge in [-0.1, -0.05) is 17.7 Å². The number of phenols is 1. The Morgan fingerprint density at radius 3 is 2.28 bits per heavy atom. The number of aryl methyl sites for hydroxylation is 1. The zero-order valence-electron chi connectivity index (χ0n) is 10.7. The van der Waals surface area contributed by atoms with Crippen LogP contribution in [-0.4, -0.2) is 19.3 Å². The summed E-state index contributed by atoms with van der Waals surface area (Å²) < 4.78 is 10.5. The number of phenolic OH excluding ortho intramolecular Hbond substituents is 1. The second-order valence-corrected chi connectivity index (χ2v) is 4.09. The third kappa shape index (κ3) is 2.25. The van der Waals surface area contributed by atoms with Gasteiger partial charge in [-0.15, -0.1) is 0 Å². The van der Waals surface area contributed by atoms with Crippen LogP contribution in [-0.2, 0) is 0 Å². The fourth-order valence-corrected chi connectivity index (χ4v) is 1.88.